The molecule has 0 radical (unpaired) electrons. The number of methoxy groups -OCH3 is 2. The molecule has 0 saturated carbocycles. The summed E-state index contributed by atoms with van der Waals surface area (Å²) in [6.45, 7) is 9.01. The van der Waals surface area contributed by atoms with E-state index in [9.17, 15) is 29.1 Å². The molecule has 0 spiro atoms. The van der Waals surface area contributed by atoms with Crippen molar-refractivity contribution in [1.29, 1.82) is 0 Å². The van der Waals surface area contributed by atoms with Crippen molar-refractivity contribution >= 4 is 29.8 Å². The minimum Gasteiger partial charge on any atom is -0.493 e. The van der Waals surface area contributed by atoms with E-state index in [1.807, 2.05) is 0 Å². The molecule has 0 unspecified atom stereocenters. The van der Waals surface area contributed by atoms with Crippen LogP contribution < -0.4 is 39.6 Å². The highest BCUT2D eigenvalue weighted by Crippen LogP contribution is 2.31. The van der Waals surface area contributed by atoms with Crippen LogP contribution in [-0.2, 0) is 29.3 Å². The average Bonchev–Trinajstić information content (AvgIpc) is 3.32. The molecule has 14 nitrogen and oxygen atoms in total. The number of aliphatic hydroxyl groups is 1. The summed E-state index contributed by atoms with van der Waals surface area (Å²) in [5.74, 6) is 1.11. The second kappa shape index (κ2) is 30.3. The highest BCUT2D eigenvalue weighted by atomic mass is 16.6. The number of benzene rings is 4. The summed E-state index contributed by atoms with van der Waals surface area (Å²) < 4.78 is 26.8. The first-order chi connectivity index (χ1) is 32.3. The van der Waals surface area contributed by atoms with Gasteiger partial charge in [-0.2, -0.15) is 0 Å². The van der Waals surface area contributed by atoms with Crippen LogP contribution in [0, 0.1) is 11.8 Å². The number of rotatable bonds is 24. The van der Waals surface area contributed by atoms with Crippen LogP contribution in [0.4, 0.5) is 4.79 Å². The maximum absolute atomic E-state index is 12.7. The zero-order chi connectivity index (χ0) is 49.0. The molecular weight excluding hydrogens is 855 g/mol. The van der Waals surface area contributed by atoms with Gasteiger partial charge in [-0.05, 0) is 110 Å². The molecule has 4 rings (SSSR count). The molecule has 360 valence electrons. The van der Waals surface area contributed by atoms with Crippen LogP contribution in [0.1, 0.15) is 116 Å². The molecule has 0 saturated heterocycles. The number of hydrogen-bond donors (Lipinski definition) is 4. The van der Waals surface area contributed by atoms with Gasteiger partial charge in [-0.15, -0.1) is 0 Å². The van der Waals surface area contributed by atoms with Gasteiger partial charge < -0.3 is 44.7 Å². The summed E-state index contributed by atoms with van der Waals surface area (Å²) in [5.41, 5.74) is 2.53. The lowest BCUT2D eigenvalue weighted by atomic mass is 10.1. The summed E-state index contributed by atoms with van der Waals surface area (Å²) in [6, 6.07) is 23.2. The first kappa shape index (κ1) is 54.4. The second-order valence-corrected chi connectivity index (χ2v) is 16.1. The van der Waals surface area contributed by atoms with E-state index in [-0.39, 0.29) is 41.2 Å². The molecule has 0 aliphatic rings. The van der Waals surface area contributed by atoms with Crippen molar-refractivity contribution in [2.24, 2.45) is 11.8 Å². The van der Waals surface area contributed by atoms with Crippen LogP contribution in [0.15, 0.2) is 109 Å². The molecule has 0 aliphatic heterocycles. The Balaban J connectivity index is 0.000000357. The number of carbonyl (C=O) groups is 5. The van der Waals surface area contributed by atoms with Gasteiger partial charge in [-0.1, -0.05) is 94.5 Å². The van der Waals surface area contributed by atoms with Crippen LogP contribution in [0.5, 0.6) is 28.7 Å². The van der Waals surface area contributed by atoms with Gasteiger partial charge in [0, 0.05) is 33.0 Å². The van der Waals surface area contributed by atoms with Crippen molar-refractivity contribution in [3.63, 3.8) is 0 Å². The Morgan fingerprint density at radius 1 is 0.567 bits per heavy atom. The van der Waals surface area contributed by atoms with Crippen molar-refractivity contribution in [2.75, 3.05) is 21.3 Å². The maximum Gasteiger partial charge on any atom is 0.412 e. The lowest BCUT2D eigenvalue weighted by Gasteiger charge is -2.13. The fraction of sp³-hybridized carbons (Fsp3) is 0.377. The quantitative estimate of drug-likeness (QED) is 0.0227. The number of ether oxygens (including phenoxy) is 5. The normalized spacial score (nSPS) is 10.9. The molecule has 0 atom stereocenters. The van der Waals surface area contributed by atoms with Crippen molar-refractivity contribution < 1.29 is 52.8 Å². The summed E-state index contributed by atoms with van der Waals surface area (Å²) in [6.07, 6.45) is 14.6. The molecule has 4 aromatic carbocycles. The van der Waals surface area contributed by atoms with Gasteiger partial charge in [0.15, 0.2) is 23.0 Å². The van der Waals surface area contributed by atoms with Crippen LogP contribution in [0.3, 0.4) is 0 Å². The molecule has 0 aromatic heterocycles. The van der Waals surface area contributed by atoms with Gasteiger partial charge >= 0.3 is 18.0 Å². The molecular formula is C53H67N3O11. The van der Waals surface area contributed by atoms with E-state index < -0.39 is 18.0 Å². The molecule has 0 heterocycles. The number of allylic oxidation sites excluding steroid dienone is 4. The summed E-state index contributed by atoms with van der Waals surface area (Å²) >= 11 is 0. The number of nitrogens with one attached hydrogen (secondary N) is 3. The fourth-order valence-electron chi connectivity index (χ4n) is 6.27. The number of unbranched alkanes of at least 4 members (excludes halogenated alkanes) is 4. The smallest absolute Gasteiger partial charge is 0.412 e. The Labute approximate surface area is 395 Å². The Bertz CT molecular complexity index is 2270. The van der Waals surface area contributed by atoms with Gasteiger partial charge in [-0.3, -0.25) is 9.59 Å². The topological polar surface area (TPSA) is 188 Å². The lowest BCUT2D eigenvalue weighted by Crippen LogP contribution is -2.23. The highest BCUT2D eigenvalue weighted by molar-refractivity contribution is 5.95. The van der Waals surface area contributed by atoms with Crippen molar-refractivity contribution in [3.8, 4) is 28.7 Å². The van der Waals surface area contributed by atoms with E-state index in [2.05, 4.69) is 67.9 Å². The maximum atomic E-state index is 12.7. The van der Waals surface area contributed by atoms with E-state index >= 15 is 0 Å². The number of para-hydroxylation sites is 1. The summed E-state index contributed by atoms with van der Waals surface area (Å²) in [5, 5.41) is 17.6. The number of aliphatic hydroxyl groups excluding tert-OH is 1. The minimum absolute atomic E-state index is 0.00733. The van der Waals surface area contributed by atoms with Crippen LogP contribution in [0.25, 0.3) is 0 Å². The Kier molecular flexibility index (Phi) is 24.6. The zero-order valence-corrected chi connectivity index (χ0v) is 39.9. The molecule has 67 heavy (non-hydrogen) atoms. The summed E-state index contributed by atoms with van der Waals surface area (Å²) in [4.78, 5) is 61.0. The molecule has 0 bridgehead atoms. The monoisotopic (exact) mass is 921 g/mol. The summed E-state index contributed by atoms with van der Waals surface area (Å²) in [7, 11) is 4.38. The number of esters is 2. The predicted molar refractivity (Wildman–Crippen MR) is 258 cm³/mol. The van der Waals surface area contributed by atoms with Crippen molar-refractivity contribution in [2.45, 2.75) is 98.8 Å². The van der Waals surface area contributed by atoms with Gasteiger partial charge in [-0.25, -0.2) is 14.4 Å². The lowest BCUT2D eigenvalue weighted by molar-refractivity contribution is -0.122. The zero-order valence-electron chi connectivity index (χ0n) is 39.9. The van der Waals surface area contributed by atoms with Gasteiger partial charge in [0.25, 0.3) is 0 Å². The molecule has 4 aromatic rings. The number of carbonyl (C=O) groups excluding carboxylic acids is 5. The van der Waals surface area contributed by atoms with Crippen LogP contribution in [0.2, 0.25) is 0 Å². The largest absolute Gasteiger partial charge is 0.493 e. The van der Waals surface area contributed by atoms with Gasteiger partial charge in [0.2, 0.25) is 11.8 Å². The van der Waals surface area contributed by atoms with Crippen LogP contribution >= 0.6 is 0 Å². The second-order valence-electron chi connectivity index (χ2n) is 16.1. The van der Waals surface area contributed by atoms with E-state index in [4.69, 9.17) is 23.7 Å². The third-order valence-corrected chi connectivity index (χ3v) is 9.85. The Hall–Kier alpha value is -6.93. The standard InChI is InChI=1S/C27H34N2O6.C26H33NO5/c1-19(2)11-7-5-6-8-14-25(30)29-18-20-15-16-23(24(17-20)33-4)34-26(31)21-12-9-10-13-22(21)35-27(32)28-3;1-19(2)10-6-4-5-7-13-25(29)27-17-20-14-15-23(24(16-20)31-3)32-26(30)22-12-9-8-11-21(22)18-28/h7,9-13,15-17,19H,5-6,8,14,18H2,1-4H3,(H,28,32)(H,29,30);6,8-12,14-16,19,28H,4-5,7,13,17-18H2,1-3H3,(H,27,29)/b11-7+;10-6+. The first-order valence-electron chi connectivity index (χ1n) is 22.6. The van der Waals surface area contributed by atoms with E-state index in [1.54, 1.807) is 72.8 Å². The Morgan fingerprint density at radius 2 is 1.03 bits per heavy atom. The van der Waals surface area contributed by atoms with Gasteiger partial charge in [0.05, 0.1) is 26.4 Å². The number of hydrogen-bond acceptors (Lipinski definition) is 11. The van der Waals surface area contributed by atoms with E-state index in [1.165, 1.54) is 33.4 Å². The minimum atomic E-state index is -0.702. The van der Waals surface area contributed by atoms with E-state index in [0.717, 1.165) is 49.7 Å². The molecule has 3 amide bonds. The van der Waals surface area contributed by atoms with Crippen molar-refractivity contribution in [3.05, 3.63) is 137 Å². The SMILES string of the molecule is CNC(=O)Oc1ccccc1C(=O)Oc1ccc(CNC(=O)CCCC/C=C/C(C)C)cc1OC.COc1cc(CNC(=O)CCCC/C=C/C(C)C)ccc1OC(=O)c1ccccc1CO. The molecule has 0 aliphatic carbocycles. The Morgan fingerprint density at radius 3 is 1.49 bits per heavy atom. The molecule has 14 heteroatoms. The van der Waals surface area contributed by atoms with Crippen molar-refractivity contribution in [1.82, 2.24) is 16.0 Å². The third kappa shape index (κ3) is 20.4. The van der Waals surface area contributed by atoms with Crippen LogP contribution in [-0.4, -0.2) is 56.2 Å². The molecule has 0 fully saturated rings. The average molecular weight is 922 g/mol. The first-order valence-corrected chi connectivity index (χ1v) is 22.6. The highest BCUT2D eigenvalue weighted by Gasteiger charge is 2.20. The predicted octanol–water partition coefficient (Wildman–Crippen LogP) is 9.82. The van der Waals surface area contributed by atoms with Gasteiger partial charge in [0.1, 0.15) is 11.3 Å². The third-order valence-electron chi connectivity index (χ3n) is 9.85. The molecule has 4 N–H and O–H groups in total. The fourth-order valence-corrected chi connectivity index (χ4v) is 6.27. The van der Waals surface area contributed by atoms with E-state index in [0.29, 0.717) is 60.4 Å². The number of amides is 3.